The van der Waals surface area contributed by atoms with Gasteiger partial charge in [-0.1, -0.05) is 42.0 Å². The summed E-state index contributed by atoms with van der Waals surface area (Å²) in [6.07, 6.45) is -76.4. The van der Waals surface area contributed by atoms with Gasteiger partial charge in [0, 0.05) is 30.6 Å². The average Bonchev–Trinajstić information content (AvgIpc) is 0.801. The van der Waals surface area contributed by atoms with Gasteiger partial charge in [-0.15, -0.1) is 0 Å². The molecule has 35 atom stereocenters. The third-order valence-corrected chi connectivity index (χ3v) is 22.3. The highest BCUT2D eigenvalue weighted by atomic mass is 32.2. The van der Waals surface area contributed by atoms with Crippen LogP contribution in [0.2, 0.25) is 0 Å². The number of nitrogens with zero attached hydrogens (tertiary/aromatic N) is 1. The van der Waals surface area contributed by atoms with Gasteiger partial charge in [-0.3, -0.25) is 8.98 Å². The molecule has 42 nitrogen and oxygen atoms in total. The Kier molecular flexibility index (Phi) is 27.3. The van der Waals surface area contributed by atoms with Crippen molar-refractivity contribution in [2.24, 2.45) is 0 Å². The lowest BCUT2D eigenvalue weighted by molar-refractivity contribution is -0.396. The van der Waals surface area contributed by atoms with E-state index in [4.69, 9.17) is 75.2 Å². The minimum absolute atomic E-state index is 0.253. The minimum atomic E-state index is -4.83. The first kappa shape index (κ1) is 83.6. The number of esters is 1. The fourth-order valence-electron chi connectivity index (χ4n) is 13.7. The number of aryl methyl sites for hydroxylation is 1. The molecule has 0 aliphatic carbocycles. The zero-order valence-corrected chi connectivity index (χ0v) is 58.6. The molecule has 604 valence electrons. The number of nitrogens with one attached hydrogen (secondary N) is 1. The van der Waals surface area contributed by atoms with Crippen LogP contribution in [0.1, 0.15) is 5.56 Å². The van der Waals surface area contributed by atoms with Gasteiger partial charge in [-0.05, 0) is 31.2 Å². The number of hydrogen-bond donors (Lipinski definition) is 20. The van der Waals surface area contributed by atoms with Crippen LogP contribution in [0.15, 0.2) is 70.5 Å². The molecule has 0 saturated carbocycles. The number of anilines is 1. The summed E-state index contributed by atoms with van der Waals surface area (Å²) in [6.45, 7) is -7.54. The van der Waals surface area contributed by atoms with Crippen LogP contribution in [0.3, 0.4) is 0 Å². The number of aliphatic hydroxyl groups is 19. The lowest BCUT2D eigenvalue weighted by Crippen LogP contribution is -2.68. The van der Waals surface area contributed by atoms with Crippen LogP contribution in [-0.2, 0) is 100 Å². The molecule has 44 heteroatoms. The first-order valence-corrected chi connectivity index (χ1v) is 36.7. The summed E-state index contributed by atoms with van der Waals surface area (Å²) in [4.78, 5) is 14.8. The molecule has 0 aromatic heterocycles. The zero-order valence-electron chi connectivity index (χ0n) is 57.0. The first-order valence-electron chi connectivity index (χ1n) is 33.8. The van der Waals surface area contributed by atoms with Crippen LogP contribution in [0, 0.1) is 6.92 Å². The van der Waals surface area contributed by atoms with E-state index >= 15 is 0 Å². The van der Waals surface area contributed by atoms with E-state index in [2.05, 4.69) is 4.72 Å². The number of hydrogen-bond acceptors (Lipinski definition) is 41. The third kappa shape index (κ3) is 17.4. The monoisotopic (exact) mass is 1580 g/mol. The summed E-state index contributed by atoms with van der Waals surface area (Å²) < 4.78 is 150. The zero-order chi connectivity index (χ0) is 77.6. The van der Waals surface area contributed by atoms with Crippen molar-refractivity contribution in [1.82, 2.24) is 4.72 Å². The Labute approximate surface area is 608 Å². The van der Waals surface area contributed by atoms with E-state index < -0.39 is 299 Å². The van der Waals surface area contributed by atoms with Crippen LogP contribution in [0.4, 0.5) is 5.69 Å². The number of sulfonamides is 1. The highest BCUT2D eigenvalue weighted by Crippen LogP contribution is 2.40. The van der Waals surface area contributed by atoms with Crippen LogP contribution >= 0.6 is 0 Å². The second kappa shape index (κ2) is 35.0. The summed E-state index contributed by atoms with van der Waals surface area (Å²) in [5.74, 6) is -1.36. The van der Waals surface area contributed by atoms with Gasteiger partial charge in [-0.25, -0.2) is 8.42 Å². The number of fused-ring (bicyclic) bond motifs is 1. The lowest BCUT2D eigenvalue weighted by atomic mass is 9.95. The maximum Gasteiger partial charge on any atom is 0.321 e. The Morgan fingerprint density at radius 1 is 0.383 bits per heavy atom. The van der Waals surface area contributed by atoms with Gasteiger partial charge in [-0.2, -0.15) is 13.1 Å². The number of ether oxygens (including phenoxy) is 15. The van der Waals surface area contributed by atoms with Gasteiger partial charge >= 0.3 is 5.97 Å². The highest BCUT2D eigenvalue weighted by molar-refractivity contribution is 7.89. The molecule has 0 unspecified atom stereocenters. The number of rotatable bonds is 16. The predicted octanol–water partition coefficient (Wildman–Crippen LogP) is -11.8. The van der Waals surface area contributed by atoms with E-state index in [1.807, 2.05) is 0 Å². The van der Waals surface area contributed by atoms with E-state index in [-0.39, 0.29) is 10.3 Å². The summed E-state index contributed by atoms with van der Waals surface area (Å²) in [5.41, 5.74) is 1.26. The van der Waals surface area contributed by atoms with E-state index in [1.54, 1.807) is 44.1 Å². The summed E-state index contributed by atoms with van der Waals surface area (Å²) in [6, 6.07) is 14.4. The molecule has 21 saturated heterocycles. The number of carbonyl (C=O) groups excluding carboxylic acids is 1. The molecule has 14 bridgehead atoms. The van der Waals surface area contributed by atoms with Crippen molar-refractivity contribution in [3.63, 3.8) is 0 Å². The molecular formula is C63H90N2O40S2. The van der Waals surface area contributed by atoms with Crippen molar-refractivity contribution < 1.29 is 194 Å². The topological polar surface area (TPSA) is 633 Å². The largest absolute Gasteiger partial charge is 0.462 e. The van der Waals surface area contributed by atoms with E-state index in [9.17, 15) is 119 Å². The standard InChI is InChI=1S/C63H90N2O40S2/c1-22-10-12-23(13-11-22)107(88,89)91-21-33-56-42(78)49(85)63(98-33)104-55-32(20-90-35(71)14-64-106(86,87)34-9-5-6-24-25(34)7-4-8-26(24)65(2)3)97-62(48(84)41(55)77)103-54-31(19-70)95-60(46(82)39(54)75)101-52-29(17-68)93-58(44(80)37(52)73)99-50-27(15-66)92-57(43(79)36(50)72)100-51-28(16-67)94-59(45(81)38(51)74)102-53-30(18-69)96-61(105-56)47(83)40(53)76/h4-13,27-33,36-64,66-70,72-85H,14-21H2,1-3H3/t27-,28-,29-,30-,31-,32-,33-,36-,37-,38-,39-,40-,41-,42-,43-,44-,45-,46-,47-,48-,49-,50-,51-,52-,53-,54-,55-,56-,57-,58-,59-,60-,61-,62-,63-/m1/s1. The van der Waals surface area contributed by atoms with Crippen molar-refractivity contribution >= 4 is 42.6 Å². The molecule has 107 heavy (non-hydrogen) atoms. The molecule has 0 radical (unpaired) electrons. The molecule has 24 rings (SSSR count). The van der Waals surface area contributed by atoms with E-state index in [1.165, 1.54) is 30.3 Å². The van der Waals surface area contributed by atoms with Crippen LogP contribution in [0.25, 0.3) is 10.8 Å². The molecule has 3 aromatic rings. The van der Waals surface area contributed by atoms with Gasteiger partial charge in [0.2, 0.25) is 10.0 Å². The molecule has 21 fully saturated rings. The molecule has 3 aromatic carbocycles. The lowest BCUT2D eigenvalue weighted by Gasteiger charge is -2.50. The number of benzene rings is 3. The van der Waals surface area contributed by atoms with Crippen LogP contribution in [0.5, 0.6) is 0 Å². The molecule has 21 aliphatic rings. The predicted molar refractivity (Wildman–Crippen MR) is 343 cm³/mol. The smallest absolute Gasteiger partial charge is 0.321 e. The molecule has 21 aliphatic heterocycles. The number of carbonyl (C=O) groups is 1. The summed E-state index contributed by atoms with van der Waals surface area (Å²) >= 11 is 0. The van der Waals surface area contributed by atoms with E-state index in [0.29, 0.717) is 16.6 Å². The summed E-state index contributed by atoms with van der Waals surface area (Å²) in [7, 11) is -5.93. The van der Waals surface area contributed by atoms with Crippen LogP contribution in [-0.4, -0.2) is 402 Å². The Morgan fingerprint density at radius 2 is 0.673 bits per heavy atom. The van der Waals surface area contributed by atoms with Crippen LogP contribution < -0.4 is 9.62 Å². The highest BCUT2D eigenvalue weighted by Gasteiger charge is 2.60. The molecule has 0 amide bonds. The SMILES string of the molecule is Cc1ccc(S(=O)(=O)OC[C@H]2O[C@@H]3O[C@H]4[C@H](O)[C@@H](O)[C@@H](O[C@H]5[C@H](O)[C@@H](O)[C@@H](O[C@H]6[C@H](O)[C@@H](O)[C@@H](O[C@H]7[C@H](O)[C@@H](O)[C@@H](O[C@H]8[C@H](O)[C@@H](O)[C@@H](O[C@H]9[C@H](O)[C@@H](O)[C@@H](O[C@H]2[C@H](O)[C@H]3O)O[C@@H]9CO)O[C@@H]8CO)O[C@@H]7CO)O[C@@H]6CO)O[C@@H]5CO)O[C@@H]4COC(=O)CNS(=O)(=O)c2cccc3c(N(C)C)cccc23)cc1. The second-order valence-corrected chi connectivity index (χ2v) is 30.2. The van der Waals surface area contributed by atoms with Gasteiger partial charge in [0.1, 0.15) is 184 Å². The van der Waals surface area contributed by atoms with Gasteiger partial charge in [0.05, 0.1) is 49.4 Å². The van der Waals surface area contributed by atoms with Crippen molar-refractivity contribution in [2.75, 3.05) is 71.8 Å². The fraction of sp³-hybridized carbons (Fsp3) is 0.730. The fourth-order valence-corrected chi connectivity index (χ4v) is 15.8. The minimum Gasteiger partial charge on any atom is -0.462 e. The molecule has 20 N–H and O–H groups in total. The van der Waals surface area contributed by atoms with Gasteiger partial charge in [0.15, 0.2) is 44.0 Å². The first-order chi connectivity index (χ1) is 50.8. The normalized spacial score (nSPS) is 43.4. The maximum atomic E-state index is 13.9. The molecular weight excluding hydrogens is 1490 g/mol. The van der Waals surface area contributed by atoms with Crippen molar-refractivity contribution in [3.05, 3.63) is 66.2 Å². The average molecular weight is 1580 g/mol. The van der Waals surface area contributed by atoms with Gasteiger partial charge in [0.25, 0.3) is 10.1 Å². The quantitative estimate of drug-likeness (QED) is 0.0468. The number of aliphatic hydroxyl groups excluding tert-OH is 19. The second-order valence-electron chi connectivity index (χ2n) is 26.9. The molecule has 21 heterocycles. The van der Waals surface area contributed by atoms with Crippen molar-refractivity contribution in [3.8, 4) is 0 Å². The van der Waals surface area contributed by atoms with Crippen molar-refractivity contribution in [1.29, 1.82) is 0 Å². The molecule has 0 spiro atoms. The Balaban J connectivity index is 0.917. The third-order valence-electron chi connectivity index (χ3n) is 19.6. The van der Waals surface area contributed by atoms with E-state index in [0.717, 1.165) is 12.1 Å². The Morgan fingerprint density at radius 3 is 0.991 bits per heavy atom. The maximum absolute atomic E-state index is 13.9. The Bertz CT molecular complexity index is 3650. The van der Waals surface area contributed by atoms with Gasteiger partial charge < -0.3 is 173 Å². The Hall–Kier alpha value is -4.31. The van der Waals surface area contributed by atoms with Crippen molar-refractivity contribution in [2.45, 2.75) is 232 Å². The summed E-state index contributed by atoms with van der Waals surface area (Å²) in [5, 5.41) is 218.